The number of ether oxygens (including phenoxy) is 1. The molecular weight excluding hydrogens is 300 g/mol. The van der Waals surface area contributed by atoms with Gasteiger partial charge in [-0.15, -0.1) is 0 Å². The molecule has 4 heteroatoms. The van der Waals surface area contributed by atoms with Crippen LogP contribution in [0.3, 0.4) is 0 Å². The molecule has 1 aromatic heterocycles. The number of rotatable bonds is 2. The van der Waals surface area contributed by atoms with Gasteiger partial charge in [-0.2, -0.15) is 0 Å². The second kappa shape index (κ2) is 6.52. The Balaban J connectivity index is 1.62. The van der Waals surface area contributed by atoms with E-state index >= 15 is 0 Å². The van der Waals surface area contributed by atoms with Gasteiger partial charge in [-0.05, 0) is 43.0 Å². The minimum atomic E-state index is 0.0470. The third kappa shape index (κ3) is 3.03. The molecule has 0 unspecified atom stereocenters. The number of carbonyl (C=O) groups is 1. The number of hydrogen-bond donors (Lipinski definition) is 1. The molecule has 2 heterocycles. The first kappa shape index (κ1) is 15.6. The normalized spacial score (nSPS) is 29.9. The number of amides is 1. The average Bonchev–Trinajstić information content (AvgIpc) is 2.61. The van der Waals surface area contributed by atoms with Gasteiger partial charge in [-0.1, -0.05) is 25.0 Å². The Morgan fingerprint density at radius 3 is 3.00 bits per heavy atom. The van der Waals surface area contributed by atoms with Gasteiger partial charge >= 0.3 is 0 Å². The van der Waals surface area contributed by atoms with Gasteiger partial charge in [0.05, 0.1) is 17.7 Å². The van der Waals surface area contributed by atoms with Crippen LogP contribution in [0.1, 0.15) is 50.7 Å². The minimum absolute atomic E-state index is 0.0470. The fraction of sp³-hybridized carbons (Fsp3) is 0.500. The highest BCUT2D eigenvalue weighted by molar-refractivity contribution is 5.79. The lowest BCUT2D eigenvalue weighted by molar-refractivity contribution is -0.131. The molecule has 2 fully saturated rings. The zero-order valence-corrected chi connectivity index (χ0v) is 14.1. The van der Waals surface area contributed by atoms with Crippen molar-refractivity contribution in [3.8, 4) is 0 Å². The Labute approximate surface area is 142 Å². The molecule has 1 amide bonds. The largest absolute Gasteiger partial charge is 0.370 e. The number of benzene rings is 1. The van der Waals surface area contributed by atoms with E-state index in [9.17, 15) is 4.79 Å². The summed E-state index contributed by atoms with van der Waals surface area (Å²) in [6.45, 7) is 1.62. The van der Waals surface area contributed by atoms with Gasteiger partial charge < -0.3 is 10.1 Å². The molecule has 4 rings (SSSR count). The van der Waals surface area contributed by atoms with Crippen LogP contribution in [-0.4, -0.2) is 23.0 Å². The van der Waals surface area contributed by atoms with Gasteiger partial charge in [0.15, 0.2) is 0 Å². The molecule has 126 valence electrons. The quantitative estimate of drug-likeness (QED) is 0.915. The maximum atomic E-state index is 11.6. The first-order valence-corrected chi connectivity index (χ1v) is 8.98. The summed E-state index contributed by atoms with van der Waals surface area (Å²) in [4.78, 5) is 16.0. The van der Waals surface area contributed by atoms with E-state index in [0.717, 1.165) is 30.2 Å². The molecule has 2 aliphatic rings. The molecule has 1 aromatic carbocycles. The van der Waals surface area contributed by atoms with Crippen molar-refractivity contribution in [2.45, 2.75) is 57.3 Å². The SMILES string of the molecule is CC(=O)N[C@@H]1C[C@H](c2ccc3ncccc3c2)O[C@@H]2CCCC[C@@H]12. The second-order valence-corrected chi connectivity index (χ2v) is 7.11. The number of carbonyl (C=O) groups excluding carboxylic acids is 1. The van der Waals surface area contributed by atoms with Crippen molar-refractivity contribution in [2.75, 3.05) is 0 Å². The van der Waals surface area contributed by atoms with E-state index in [1.54, 1.807) is 6.92 Å². The molecule has 2 aromatic rings. The third-order valence-electron chi connectivity index (χ3n) is 5.47. The summed E-state index contributed by atoms with van der Waals surface area (Å²) in [6, 6.07) is 10.6. The molecular formula is C20H24N2O2. The van der Waals surface area contributed by atoms with E-state index in [4.69, 9.17) is 4.74 Å². The molecule has 4 atom stereocenters. The molecule has 1 aliphatic heterocycles. The van der Waals surface area contributed by atoms with Crippen LogP contribution in [0, 0.1) is 5.92 Å². The molecule has 0 bridgehead atoms. The van der Waals surface area contributed by atoms with E-state index < -0.39 is 0 Å². The van der Waals surface area contributed by atoms with Crippen LogP contribution in [0.4, 0.5) is 0 Å². The monoisotopic (exact) mass is 324 g/mol. The fourth-order valence-electron chi connectivity index (χ4n) is 4.36. The van der Waals surface area contributed by atoms with Gasteiger partial charge in [0, 0.05) is 30.5 Å². The standard InChI is InChI=1S/C20H24N2O2/c1-13(23)22-18-12-20(24-19-7-3-2-6-16(18)19)15-8-9-17-14(11-15)5-4-10-21-17/h4-5,8-11,16,18-20H,2-3,6-7,12H2,1H3,(H,22,23)/t16-,18+,19+,20+/m0/s1. The lowest BCUT2D eigenvalue weighted by atomic mass is 9.76. The molecule has 1 saturated heterocycles. The zero-order chi connectivity index (χ0) is 16.5. The molecule has 24 heavy (non-hydrogen) atoms. The van der Waals surface area contributed by atoms with E-state index in [1.165, 1.54) is 18.4 Å². The number of nitrogens with zero attached hydrogens (tertiary/aromatic N) is 1. The Bertz CT molecular complexity index is 745. The maximum absolute atomic E-state index is 11.6. The molecule has 4 nitrogen and oxygen atoms in total. The molecule has 0 spiro atoms. The summed E-state index contributed by atoms with van der Waals surface area (Å²) >= 11 is 0. The molecule has 1 N–H and O–H groups in total. The van der Waals surface area contributed by atoms with Crippen molar-refractivity contribution in [3.63, 3.8) is 0 Å². The number of hydrogen-bond acceptors (Lipinski definition) is 3. The summed E-state index contributed by atoms with van der Waals surface area (Å²) in [5.74, 6) is 0.522. The van der Waals surface area contributed by atoms with E-state index in [2.05, 4.69) is 34.6 Å². The highest BCUT2D eigenvalue weighted by Crippen LogP contribution is 2.41. The van der Waals surface area contributed by atoms with Crippen LogP contribution >= 0.6 is 0 Å². The molecule has 1 aliphatic carbocycles. The summed E-state index contributed by atoms with van der Waals surface area (Å²) in [5.41, 5.74) is 2.20. The van der Waals surface area contributed by atoms with Crippen LogP contribution in [0.25, 0.3) is 10.9 Å². The smallest absolute Gasteiger partial charge is 0.217 e. The fourth-order valence-corrected chi connectivity index (χ4v) is 4.36. The van der Waals surface area contributed by atoms with Crippen molar-refractivity contribution in [1.29, 1.82) is 0 Å². The summed E-state index contributed by atoms with van der Waals surface area (Å²) < 4.78 is 6.47. The number of pyridine rings is 1. The second-order valence-electron chi connectivity index (χ2n) is 7.11. The lowest BCUT2D eigenvalue weighted by Gasteiger charge is -2.45. The van der Waals surface area contributed by atoms with Crippen molar-refractivity contribution < 1.29 is 9.53 Å². The van der Waals surface area contributed by atoms with Crippen molar-refractivity contribution in [1.82, 2.24) is 10.3 Å². The Morgan fingerprint density at radius 2 is 2.12 bits per heavy atom. The molecule has 1 saturated carbocycles. The van der Waals surface area contributed by atoms with Crippen molar-refractivity contribution in [2.24, 2.45) is 5.92 Å². The van der Waals surface area contributed by atoms with Gasteiger partial charge in [0.25, 0.3) is 0 Å². The predicted octanol–water partition coefficient (Wildman–Crippen LogP) is 3.76. The van der Waals surface area contributed by atoms with Gasteiger partial charge in [0.1, 0.15) is 0 Å². The maximum Gasteiger partial charge on any atom is 0.217 e. The number of aromatic nitrogens is 1. The number of fused-ring (bicyclic) bond motifs is 2. The van der Waals surface area contributed by atoms with Gasteiger partial charge in [0.2, 0.25) is 5.91 Å². The van der Waals surface area contributed by atoms with Crippen LogP contribution in [-0.2, 0) is 9.53 Å². The third-order valence-corrected chi connectivity index (χ3v) is 5.47. The topological polar surface area (TPSA) is 51.2 Å². The Kier molecular flexibility index (Phi) is 4.23. The summed E-state index contributed by atoms with van der Waals surface area (Å²) in [5, 5.41) is 4.33. The minimum Gasteiger partial charge on any atom is -0.370 e. The first-order valence-electron chi connectivity index (χ1n) is 8.98. The van der Waals surface area contributed by atoms with Crippen LogP contribution in [0.15, 0.2) is 36.5 Å². The van der Waals surface area contributed by atoms with Crippen LogP contribution < -0.4 is 5.32 Å². The lowest BCUT2D eigenvalue weighted by Crippen LogP contribution is -2.50. The van der Waals surface area contributed by atoms with Gasteiger partial charge in [-0.25, -0.2) is 0 Å². The van der Waals surface area contributed by atoms with Crippen LogP contribution in [0.5, 0.6) is 0 Å². The summed E-state index contributed by atoms with van der Waals surface area (Å²) in [7, 11) is 0. The summed E-state index contributed by atoms with van der Waals surface area (Å²) in [6.07, 6.45) is 7.71. The van der Waals surface area contributed by atoms with E-state index in [1.807, 2.05) is 12.3 Å². The zero-order valence-electron chi connectivity index (χ0n) is 14.1. The number of nitrogens with one attached hydrogen (secondary N) is 1. The van der Waals surface area contributed by atoms with Crippen LogP contribution in [0.2, 0.25) is 0 Å². The van der Waals surface area contributed by atoms with Crippen molar-refractivity contribution in [3.05, 3.63) is 42.1 Å². The highest BCUT2D eigenvalue weighted by Gasteiger charge is 2.40. The first-order chi connectivity index (χ1) is 11.7. The Morgan fingerprint density at radius 1 is 1.25 bits per heavy atom. The van der Waals surface area contributed by atoms with Crippen molar-refractivity contribution >= 4 is 16.8 Å². The average molecular weight is 324 g/mol. The van der Waals surface area contributed by atoms with E-state index in [0.29, 0.717) is 5.92 Å². The molecule has 0 radical (unpaired) electrons. The highest BCUT2D eigenvalue weighted by atomic mass is 16.5. The van der Waals surface area contributed by atoms with Gasteiger partial charge in [-0.3, -0.25) is 9.78 Å². The van der Waals surface area contributed by atoms with E-state index in [-0.39, 0.29) is 24.2 Å². The predicted molar refractivity (Wildman–Crippen MR) is 93.5 cm³/mol. The Hall–Kier alpha value is -1.94.